The van der Waals surface area contributed by atoms with Gasteiger partial charge in [0.05, 0.1) is 19.4 Å². The first-order valence-electron chi connectivity index (χ1n) is 11.1. The lowest BCUT2D eigenvalue weighted by Crippen LogP contribution is -3.00. The molecule has 31 heavy (non-hydrogen) atoms. The Morgan fingerprint density at radius 3 is 1.42 bits per heavy atom. The van der Waals surface area contributed by atoms with Crippen molar-refractivity contribution in [2.75, 3.05) is 19.4 Å². The Morgan fingerprint density at radius 1 is 0.645 bits per heavy atom. The van der Waals surface area contributed by atoms with Gasteiger partial charge in [-0.25, -0.2) is 0 Å². The second kappa shape index (κ2) is 10.1. The van der Waals surface area contributed by atoms with Crippen LogP contribution in [-0.4, -0.2) is 25.2 Å². The van der Waals surface area contributed by atoms with Crippen LogP contribution in [0.2, 0.25) is 0 Å². The number of hydrogen-bond donors (Lipinski definition) is 0. The normalized spacial score (nSPS) is 18.6. The van der Waals surface area contributed by atoms with Crippen molar-refractivity contribution in [2.45, 2.75) is 31.5 Å². The molecule has 5 rings (SSSR count). The van der Waals surface area contributed by atoms with E-state index in [0.29, 0.717) is 5.92 Å². The van der Waals surface area contributed by atoms with E-state index in [1.54, 1.807) is 0 Å². The first-order valence-corrected chi connectivity index (χ1v) is 13.1. The Kier molecular flexibility index (Phi) is 7.48. The predicted octanol–water partition coefficient (Wildman–Crippen LogP) is 1.92. The zero-order valence-corrected chi connectivity index (χ0v) is 20.9. The van der Waals surface area contributed by atoms with Crippen molar-refractivity contribution in [3.8, 4) is 0 Å². The van der Waals surface area contributed by atoms with Gasteiger partial charge in [-0.05, 0) is 55.2 Å². The largest absolute Gasteiger partial charge is 1.00 e. The fraction of sp³-hybridized carbons (Fsp3) is 0.333. The van der Waals surface area contributed by atoms with Gasteiger partial charge in [0.2, 0.25) is 0 Å². The highest BCUT2D eigenvalue weighted by Gasteiger charge is 2.49. The van der Waals surface area contributed by atoms with Gasteiger partial charge in [0.1, 0.15) is 23.2 Å². The molecule has 1 aliphatic heterocycles. The van der Waals surface area contributed by atoms with Crippen LogP contribution >= 0.6 is 7.26 Å². The van der Waals surface area contributed by atoms with Crippen molar-refractivity contribution in [1.29, 1.82) is 0 Å². The van der Waals surface area contributed by atoms with E-state index in [9.17, 15) is 0 Å². The Balaban J connectivity index is 0.00000231. The highest BCUT2D eigenvalue weighted by Crippen LogP contribution is 2.58. The molecular formula is C27H30IO2P. The summed E-state index contributed by atoms with van der Waals surface area (Å²) < 4.78 is 12.0. The maximum Gasteiger partial charge on any atom is 0.168 e. The topological polar surface area (TPSA) is 18.5 Å². The molecule has 2 aliphatic rings. The van der Waals surface area contributed by atoms with Crippen molar-refractivity contribution >= 4 is 23.2 Å². The van der Waals surface area contributed by atoms with Gasteiger partial charge < -0.3 is 33.5 Å². The Bertz CT molecular complexity index is 836. The molecule has 2 nitrogen and oxygen atoms in total. The standard InChI is InChI=1S/C27H30O2P.HI/c1-4-10-24(11-5-1)30(25-12-6-2-7-13-25,26-14-8-3-9-15-26)22-23-16-18-27(19-17-23)28-20-21-29-27;/h1-15,23H,16-22H2;1H/q+1;/p-1. The monoisotopic (exact) mass is 544 g/mol. The highest BCUT2D eigenvalue weighted by atomic mass is 127. The van der Waals surface area contributed by atoms with E-state index in [1.807, 2.05) is 0 Å². The average Bonchev–Trinajstić information content (AvgIpc) is 3.29. The summed E-state index contributed by atoms with van der Waals surface area (Å²) in [5.41, 5.74) is 0. The van der Waals surface area contributed by atoms with Gasteiger partial charge in [0.25, 0.3) is 0 Å². The Labute approximate surface area is 203 Å². The van der Waals surface area contributed by atoms with Gasteiger partial charge in [-0.1, -0.05) is 54.6 Å². The third-order valence-corrected chi connectivity index (χ3v) is 11.4. The quantitative estimate of drug-likeness (QED) is 0.361. The molecule has 3 aromatic carbocycles. The average molecular weight is 544 g/mol. The molecule has 0 amide bonds. The second-order valence-corrected chi connectivity index (χ2v) is 12.1. The van der Waals surface area contributed by atoms with Crippen LogP contribution in [-0.2, 0) is 9.47 Å². The van der Waals surface area contributed by atoms with E-state index >= 15 is 0 Å². The molecule has 162 valence electrons. The predicted molar refractivity (Wildman–Crippen MR) is 127 cm³/mol. The number of benzene rings is 3. The van der Waals surface area contributed by atoms with Crippen LogP contribution in [0, 0.1) is 5.92 Å². The Morgan fingerprint density at radius 2 is 1.03 bits per heavy atom. The zero-order chi connectivity index (χ0) is 20.3. The van der Waals surface area contributed by atoms with Crippen LogP contribution in [0.1, 0.15) is 25.7 Å². The molecule has 0 radical (unpaired) electrons. The van der Waals surface area contributed by atoms with Gasteiger partial charge in [-0.3, -0.25) is 0 Å². The lowest BCUT2D eigenvalue weighted by atomic mass is 9.86. The number of ether oxygens (including phenoxy) is 2. The molecule has 0 unspecified atom stereocenters. The molecule has 0 aromatic heterocycles. The molecule has 0 bridgehead atoms. The summed E-state index contributed by atoms with van der Waals surface area (Å²) in [5.74, 6) is 0.390. The lowest BCUT2D eigenvalue weighted by molar-refractivity contribution is -0.181. The molecule has 1 aliphatic carbocycles. The first-order chi connectivity index (χ1) is 14.8. The summed E-state index contributed by atoms with van der Waals surface area (Å²) in [5, 5.41) is 4.45. The smallest absolute Gasteiger partial charge is 0.168 e. The van der Waals surface area contributed by atoms with E-state index in [1.165, 1.54) is 34.9 Å². The Hall–Kier alpha value is -1.26. The zero-order valence-electron chi connectivity index (χ0n) is 17.8. The fourth-order valence-corrected chi connectivity index (χ4v) is 9.99. The van der Waals surface area contributed by atoms with Crippen LogP contribution in [0.5, 0.6) is 0 Å². The molecule has 1 heterocycles. The second-order valence-electron chi connectivity index (χ2n) is 8.55. The summed E-state index contributed by atoms with van der Waals surface area (Å²) in [6.07, 6.45) is 5.61. The molecular weight excluding hydrogens is 514 g/mol. The minimum Gasteiger partial charge on any atom is -1.00 e. The van der Waals surface area contributed by atoms with E-state index in [2.05, 4.69) is 91.0 Å². The summed E-state index contributed by atoms with van der Waals surface area (Å²) in [6.45, 7) is 1.50. The highest BCUT2D eigenvalue weighted by molar-refractivity contribution is 7.95. The van der Waals surface area contributed by atoms with Gasteiger partial charge in [0.15, 0.2) is 5.79 Å². The molecule has 1 saturated heterocycles. The first kappa shape index (κ1) is 22.9. The van der Waals surface area contributed by atoms with Gasteiger partial charge in [-0.2, -0.15) is 0 Å². The van der Waals surface area contributed by atoms with Crippen molar-refractivity contribution in [2.24, 2.45) is 5.92 Å². The summed E-state index contributed by atoms with van der Waals surface area (Å²) in [7, 11) is -1.75. The van der Waals surface area contributed by atoms with Crippen LogP contribution in [0.3, 0.4) is 0 Å². The van der Waals surface area contributed by atoms with Gasteiger partial charge in [-0.15, -0.1) is 0 Å². The molecule has 4 heteroatoms. The minimum atomic E-state index is -1.75. The van der Waals surface area contributed by atoms with E-state index in [-0.39, 0.29) is 29.8 Å². The van der Waals surface area contributed by atoms with Crippen LogP contribution in [0.15, 0.2) is 91.0 Å². The maximum absolute atomic E-state index is 6.00. The SMILES string of the molecule is [I-].c1ccc([P+](CC2CCC3(CC2)OCCO3)(c2ccccc2)c2ccccc2)cc1. The lowest BCUT2D eigenvalue weighted by Gasteiger charge is -2.38. The molecule has 1 saturated carbocycles. The summed E-state index contributed by atoms with van der Waals surface area (Å²) in [6, 6.07) is 33.7. The summed E-state index contributed by atoms with van der Waals surface area (Å²) >= 11 is 0. The minimum absolute atomic E-state index is 0. The van der Waals surface area contributed by atoms with E-state index in [0.717, 1.165) is 26.1 Å². The van der Waals surface area contributed by atoms with Crippen molar-refractivity contribution in [1.82, 2.24) is 0 Å². The third-order valence-electron chi connectivity index (χ3n) is 6.80. The van der Waals surface area contributed by atoms with Crippen molar-refractivity contribution in [3.63, 3.8) is 0 Å². The van der Waals surface area contributed by atoms with Crippen LogP contribution in [0.25, 0.3) is 0 Å². The molecule has 3 aromatic rings. The van der Waals surface area contributed by atoms with Gasteiger partial charge >= 0.3 is 0 Å². The van der Waals surface area contributed by atoms with Crippen molar-refractivity contribution < 1.29 is 33.5 Å². The van der Waals surface area contributed by atoms with E-state index in [4.69, 9.17) is 9.47 Å². The molecule has 1 spiro atoms. The number of halogens is 1. The fourth-order valence-electron chi connectivity index (χ4n) is 5.28. The van der Waals surface area contributed by atoms with Crippen molar-refractivity contribution in [3.05, 3.63) is 91.0 Å². The number of rotatable bonds is 5. The molecule has 2 fully saturated rings. The third kappa shape index (κ3) is 4.61. The van der Waals surface area contributed by atoms with Crippen LogP contribution in [0.4, 0.5) is 0 Å². The summed E-state index contributed by atoms with van der Waals surface area (Å²) in [4.78, 5) is 0. The van der Waals surface area contributed by atoms with E-state index < -0.39 is 7.26 Å². The maximum atomic E-state index is 6.00. The van der Waals surface area contributed by atoms with Gasteiger partial charge in [0, 0.05) is 12.8 Å². The van der Waals surface area contributed by atoms with Crippen LogP contribution < -0.4 is 39.9 Å². The molecule has 0 N–H and O–H groups in total. The number of hydrogen-bond acceptors (Lipinski definition) is 2. The molecule has 0 atom stereocenters.